The van der Waals surface area contributed by atoms with Gasteiger partial charge in [-0.25, -0.2) is 0 Å². The summed E-state index contributed by atoms with van der Waals surface area (Å²) in [6.07, 6.45) is 6.28. The molecule has 0 N–H and O–H groups in total. The predicted molar refractivity (Wildman–Crippen MR) is 121 cm³/mol. The number of ketones is 1. The molecule has 4 nitrogen and oxygen atoms in total. The molecule has 2 atom stereocenters. The standard InChI is InChI=1S/C26H35F3O4/c1-19(2)33-25(31)14-6-4-3-5-13-23-20(15-16-24(23)30)10-7-8-17-32-22-12-9-11-21(18-22)26(27,28)29/h3,5,9,11-12,18-20,23H,4,6-8,10,13-17H2,1-2H3/b5-3-/t20?,23-/m1/s1. The van der Waals surface area contributed by atoms with Crippen LogP contribution in [0.4, 0.5) is 13.2 Å². The number of benzene rings is 1. The Kier molecular flexibility index (Phi) is 10.9. The second-order valence-electron chi connectivity index (χ2n) is 8.88. The number of carbonyl (C=O) groups excluding carboxylic acids is 2. The molecule has 0 aliphatic heterocycles. The molecule has 0 radical (unpaired) electrons. The summed E-state index contributed by atoms with van der Waals surface area (Å²) in [7, 11) is 0. The lowest BCUT2D eigenvalue weighted by atomic mass is 9.88. The van der Waals surface area contributed by atoms with Crippen LogP contribution in [0.5, 0.6) is 5.75 Å². The first-order valence-electron chi connectivity index (χ1n) is 11.8. The second kappa shape index (κ2) is 13.4. The minimum Gasteiger partial charge on any atom is -0.494 e. The number of halogens is 3. The van der Waals surface area contributed by atoms with E-state index in [1.807, 2.05) is 26.0 Å². The normalized spacial score (nSPS) is 18.9. The molecule has 1 aromatic rings. The lowest BCUT2D eigenvalue weighted by Crippen LogP contribution is -2.14. The molecule has 0 saturated heterocycles. The number of carbonyl (C=O) groups is 2. The molecule has 0 amide bonds. The molecule has 1 fully saturated rings. The van der Waals surface area contributed by atoms with Gasteiger partial charge in [-0.1, -0.05) is 18.2 Å². The van der Waals surface area contributed by atoms with Gasteiger partial charge in [0.05, 0.1) is 18.3 Å². The summed E-state index contributed by atoms with van der Waals surface area (Å²) in [5, 5.41) is 0. The lowest BCUT2D eigenvalue weighted by molar-refractivity contribution is -0.147. The molecule has 1 saturated carbocycles. The van der Waals surface area contributed by atoms with Crippen LogP contribution in [-0.2, 0) is 20.5 Å². The number of ether oxygens (including phenoxy) is 2. The highest BCUT2D eigenvalue weighted by Gasteiger charge is 2.33. The van der Waals surface area contributed by atoms with Crippen LogP contribution in [0.3, 0.4) is 0 Å². The van der Waals surface area contributed by atoms with E-state index in [4.69, 9.17) is 9.47 Å². The zero-order valence-electron chi connectivity index (χ0n) is 19.5. The Morgan fingerprint density at radius 3 is 2.70 bits per heavy atom. The van der Waals surface area contributed by atoms with Crippen molar-refractivity contribution < 1.29 is 32.2 Å². The molecular formula is C26H35F3O4. The summed E-state index contributed by atoms with van der Waals surface area (Å²) in [6, 6.07) is 4.92. The quantitative estimate of drug-likeness (QED) is 0.179. The van der Waals surface area contributed by atoms with E-state index in [9.17, 15) is 22.8 Å². The number of allylic oxidation sites excluding steroid dienone is 2. The van der Waals surface area contributed by atoms with E-state index in [-0.39, 0.29) is 23.7 Å². The summed E-state index contributed by atoms with van der Waals surface area (Å²) >= 11 is 0. The van der Waals surface area contributed by atoms with Gasteiger partial charge in [-0.2, -0.15) is 13.2 Å². The molecule has 0 heterocycles. The van der Waals surface area contributed by atoms with Crippen molar-refractivity contribution in [3.63, 3.8) is 0 Å². The SMILES string of the molecule is CC(C)OC(=O)CCC/C=C\C[C@H]1C(=O)CCC1CCCCOc1cccc(C(F)(F)F)c1. The molecule has 2 rings (SSSR count). The van der Waals surface area contributed by atoms with Crippen LogP contribution in [-0.4, -0.2) is 24.5 Å². The van der Waals surface area contributed by atoms with Crippen molar-refractivity contribution in [2.45, 2.75) is 83.9 Å². The zero-order valence-corrected chi connectivity index (χ0v) is 19.5. The first kappa shape index (κ1) is 26.9. The number of esters is 1. The Morgan fingerprint density at radius 2 is 1.97 bits per heavy atom. The molecule has 7 heteroatoms. The van der Waals surface area contributed by atoms with Crippen LogP contribution in [0, 0.1) is 11.8 Å². The van der Waals surface area contributed by atoms with Gasteiger partial charge in [0.15, 0.2) is 0 Å². The first-order valence-corrected chi connectivity index (χ1v) is 11.8. The minimum absolute atomic E-state index is 0.0385. The number of unbranched alkanes of at least 4 members (excludes halogenated alkanes) is 2. The zero-order chi connectivity index (χ0) is 24.3. The minimum atomic E-state index is -4.38. The average Bonchev–Trinajstić information content (AvgIpc) is 3.09. The fourth-order valence-electron chi connectivity index (χ4n) is 4.15. The number of hydrogen-bond acceptors (Lipinski definition) is 4. The third-order valence-corrected chi connectivity index (χ3v) is 5.82. The van der Waals surface area contributed by atoms with Crippen molar-refractivity contribution in [2.75, 3.05) is 6.61 Å². The van der Waals surface area contributed by atoms with Gasteiger partial charge < -0.3 is 9.47 Å². The maximum absolute atomic E-state index is 12.8. The highest BCUT2D eigenvalue weighted by atomic mass is 19.4. The molecule has 184 valence electrons. The molecule has 1 aromatic carbocycles. The maximum Gasteiger partial charge on any atom is 0.416 e. The topological polar surface area (TPSA) is 52.6 Å². The van der Waals surface area contributed by atoms with Gasteiger partial charge in [0.1, 0.15) is 11.5 Å². The Balaban J connectivity index is 1.65. The van der Waals surface area contributed by atoms with Crippen LogP contribution >= 0.6 is 0 Å². The smallest absolute Gasteiger partial charge is 0.416 e. The van der Waals surface area contributed by atoms with Crippen molar-refractivity contribution in [1.29, 1.82) is 0 Å². The van der Waals surface area contributed by atoms with Gasteiger partial charge >= 0.3 is 12.1 Å². The highest BCUT2D eigenvalue weighted by molar-refractivity contribution is 5.83. The van der Waals surface area contributed by atoms with Crippen LogP contribution in [0.15, 0.2) is 36.4 Å². The average molecular weight is 469 g/mol. The van der Waals surface area contributed by atoms with Gasteiger partial charge in [0.2, 0.25) is 0 Å². The molecule has 0 bridgehead atoms. The summed E-state index contributed by atoms with van der Waals surface area (Å²) in [4.78, 5) is 23.8. The molecule has 0 aromatic heterocycles. The van der Waals surface area contributed by atoms with Gasteiger partial charge in [0, 0.05) is 18.8 Å². The fraction of sp³-hybridized carbons (Fsp3) is 0.615. The van der Waals surface area contributed by atoms with Crippen LogP contribution in [0.1, 0.15) is 77.2 Å². The van der Waals surface area contributed by atoms with E-state index in [0.29, 0.717) is 31.1 Å². The largest absolute Gasteiger partial charge is 0.494 e. The van der Waals surface area contributed by atoms with Gasteiger partial charge in [0.25, 0.3) is 0 Å². The molecule has 33 heavy (non-hydrogen) atoms. The molecule has 1 unspecified atom stereocenters. The lowest BCUT2D eigenvalue weighted by Gasteiger charge is -2.17. The Bertz CT molecular complexity index is 786. The van der Waals surface area contributed by atoms with E-state index in [0.717, 1.165) is 57.1 Å². The van der Waals surface area contributed by atoms with Crippen LogP contribution in [0.2, 0.25) is 0 Å². The summed E-state index contributed by atoms with van der Waals surface area (Å²) in [6.45, 7) is 4.01. The van der Waals surface area contributed by atoms with Crippen LogP contribution in [0.25, 0.3) is 0 Å². The van der Waals surface area contributed by atoms with Gasteiger partial charge in [-0.15, -0.1) is 0 Å². The van der Waals surface area contributed by atoms with Crippen molar-refractivity contribution >= 4 is 11.8 Å². The maximum atomic E-state index is 12.8. The third kappa shape index (κ3) is 10.0. The van der Waals surface area contributed by atoms with E-state index in [2.05, 4.69) is 0 Å². The Hall–Kier alpha value is -2.31. The second-order valence-corrected chi connectivity index (χ2v) is 8.88. The summed E-state index contributed by atoms with van der Waals surface area (Å²) in [5.74, 6) is 0.737. The number of hydrogen-bond donors (Lipinski definition) is 0. The van der Waals surface area contributed by atoms with Gasteiger partial charge in [-0.05, 0) is 82.9 Å². The van der Waals surface area contributed by atoms with E-state index in [1.165, 1.54) is 12.1 Å². The van der Waals surface area contributed by atoms with Crippen LogP contribution < -0.4 is 4.74 Å². The molecular weight excluding hydrogens is 433 g/mol. The molecule has 1 aliphatic rings. The molecule has 0 spiro atoms. The summed E-state index contributed by atoms with van der Waals surface area (Å²) < 4.78 is 48.9. The van der Waals surface area contributed by atoms with E-state index >= 15 is 0 Å². The van der Waals surface area contributed by atoms with Crippen molar-refractivity contribution in [3.8, 4) is 5.75 Å². The van der Waals surface area contributed by atoms with Crippen molar-refractivity contribution in [2.24, 2.45) is 11.8 Å². The number of Topliss-reactive ketones (excluding diaryl/α,β-unsaturated/α-hetero) is 1. The third-order valence-electron chi connectivity index (χ3n) is 5.82. The van der Waals surface area contributed by atoms with E-state index < -0.39 is 11.7 Å². The van der Waals surface area contributed by atoms with Crippen molar-refractivity contribution in [3.05, 3.63) is 42.0 Å². The Labute approximate surface area is 194 Å². The monoisotopic (exact) mass is 468 g/mol. The molecule has 1 aliphatic carbocycles. The van der Waals surface area contributed by atoms with Gasteiger partial charge in [-0.3, -0.25) is 9.59 Å². The number of alkyl halides is 3. The highest BCUT2D eigenvalue weighted by Crippen LogP contribution is 2.35. The predicted octanol–water partition coefficient (Wildman–Crippen LogP) is 6.92. The number of rotatable bonds is 13. The van der Waals surface area contributed by atoms with Crippen molar-refractivity contribution in [1.82, 2.24) is 0 Å². The van der Waals surface area contributed by atoms with E-state index in [1.54, 1.807) is 0 Å². The summed E-state index contributed by atoms with van der Waals surface area (Å²) in [5.41, 5.74) is -0.712. The first-order chi connectivity index (χ1) is 15.7. The fourth-order valence-corrected chi connectivity index (χ4v) is 4.15. The Morgan fingerprint density at radius 1 is 1.18 bits per heavy atom.